The molecule has 0 saturated heterocycles. The normalized spacial score (nSPS) is 10.9. The van der Waals surface area contributed by atoms with Gasteiger partial charge in [0.1, 0.15) is 11.5 Å². The Morgan fingerprint density at radius 2 is 1.81 bits per heavy atom. The smallest absolute Gasteiger partial charge is 0.157 e. The molecule has 0 aliphatic heterocycles. The van der Waals surface area contributed by atoms with Crippen molar-refractivity contribution in [3.63, 3.8) is 0 Å². The molecule has 0 unspecified atom stereocenters. The Morgan fingerprint density at radius 3 is 2.63 bits per heavy atom. The van der Waals surface area contributed by atoms with E-state index < -0.39 is 5.82 Å². The molecule has 0 atom stereocenters. The molecule has 0 aliphatic rings. The number of aliphatic hydroxyl groups is 1. The van der Waals surface area contributed by atoms with E-state index in [1.54, 1.807) is 36.8 Å². The lowest BCUT2D eigenvalue weighted by Crippen LogP contribution is -2.06. The Bertz CT molecular complexity index is 1080. The van der Waals surface area contributed by atoms with Crippen molar-refractivity contribution in [1.29, 1.82) is 0 Å². The molecule has 4 rings (SSSR count). The van der Waals surface area contributed by atoms with Gasteiger partial charge in [-0.15, -0.1) is 0 Å². The van der Waals surface area contributed by atoms with Crippen LogP contribution in [0.15, 0.2) is 67.1 Å². The van der Waals surface area contributed by atoms with Crippen molar-refractivity contribution >= 4 is 16.7 Å². The molecule has 5 nitrogen and oxygen atoms in total. The highest BCUT2D eigenvalue weighted by Crippen LogP contribution is 2.30. The second kappa shape index (κ2) is 7.47. The molecule has 27 heavy (non-hydrogen) atoms. The van der Waals surface area contributed by atoms with Crippen LogP contribution in [0.25, 0.3) is 33.3 Å². The van der Waals surface area contributed by atoms with Gasteiger partial charge in [0.05, 0.1) is 12.1 Å². The minimum Gasteiger partial charge on any atom is -0.395 e. The summed E-state index contributed by atoms with van der Waals surface area (Å²) < 4.78 is 15.2. The number of hydrogen-bond acceptors (Lipinski definition) is 5. The average molecular weight is 360 g/mol. The minimum absolute atomic E-state index is 0.0168. The number of rotatable bonds is 5. The molecule has 3 heterocycles. The van der Waals surface area contributed by atoms with Crippen molar-refractivity contribution in [2.45, 2.75) is 0 Å². The number of anilines is 1. The van der Waals surface area contributed by atoms with Gasteiger partial charge in [0.15, 0.2) is 5.82 Å². The van der Waals surface area contributed by atoms with Crippen LogP contribution in [0.5, 0.6) is 0 Å². The Balaban J connectivity index is 1.72. The predicted molar refractivity (Wildman–Crippen MR) is 104 cm³/mol. The summed E-state index contributed by atoms with van der Waals surface area (Å²) in [5, 5.41) is 12.8. The van der Waals surface area contributed by atoms with Gasteiger partial charge in [-0.1, -0.05) is 12.1 Å². The maximum Gasteiger partial charge on any atom is 0.157 e. The number of nitrogens with one attached hydrogen (secondary N) is 1. The monoisotopic (exact) mass is 360 g/mol. The molecule has 0 radical (unpaired) electrons. The first-order valence-corrected chi connectivity index (χ1v) is 8.57. The summed E-state index contributed by atoms with van der Waals surface area (Å²) >= 11 is 0. The maximum absolute atomic E-state index is 15.2. The van der Waals surface area contributed by atoms with Gasteiger partial charge in [0, 0.05) is 41.6 Å². The van der Waals surface area contributed by atoms with Gasteiger partial charge < -0.3 is 10.4 Å². The van der Waals surface area contributed by atoms with E-state index in [-0.39, 0.29) is 12.3 Å². The summed E-state index contributed by atoms with van der Waals surface area (Å²) in [7, 11) is 0. The molecule has 0 bridgehead atoms. The zero-order valence-corrected chi connectivity index (χ0v) is 14.4. The van der Waals surface area contributed by atoms with Crippen molar-refractivity contribution in [2.75, 3.05) is 18.5 Å². The number of fused-ring (bicyclic) bond motifs is 1. The van der Waals surface area contributed by atoms with Crippen LogP contribution in [0.3, 0.4) is 0 Å². The van der Waals surface area contributed by atoms with Crippen molar-refractivity contribution in [1.82, 2.24) is 15.0 Å². The van der Waals surface area contributed by atoms with Gasteiger partial charge in [-0.2, -0.15) is 0 Å². The highest BCUT2D eigenvalue weighted by atomic mass is 19.1. The fourth-order valence-corrected chi connectivity index (χ4v) is 2.93. The van der Waals surface area contributed by atoms with Crippen molar-refractivity contribution in [3.05, 3.63) is 72.9 Å². The standard InChI is InChI=1S/C21H17FN4O/c22-20-17(14-3-5-18-15(12-14)2-1-8-23-18)7-9-25-21(20)16-4-6-19(26-13-16)24-10-11-27/h1-9,12-13,27H,10-11H2,(H,24,26). The Kier molecular flexibility index (Phi) is 4.72. The van der Waals surface area contributed by atoms with Crippen LogP contribution in [0.1, 0.15) is 0 Å². The zero-order chi connectivity index (χ0) is 18.6. The van der Waals surface area contributed by atoms with Crippen LogP contribution in [0.2, 0.25) is 0 Å². The van der Waals surface area contributed by atoms with E-state index in [1.807, 2.05) is 30.3 Å². The Hall–Kier alpha value is -3.38. The van der Waals surface area contributed by atoms with Crippen molar-refractivity contribution in [3.8, 4) is 22.4 Å². The molecule has 0 fully saturated rings. The van der Waals surface area contributed by atoms with E-state index in [1.165, 1.54) is 0 Å². The lowest BCUT2D eigenvalue weighted by atomic mass is 10.0. The van der Waals surface area contributed by atoms with Gasteiger partial charge in [-0.25, -0.2) is 9.37 Å². The summed E-state index contributed by atoms with van der Waals surface area (Å²) in [5.74, 6) is 0.227. The number of aliphatic hydroxyl groups excluding tert-OH is 1. The fourth-order valence-electron chi connectivity index (χ4n) is 2.93. The Morgan fingerprint density at radius 1 is 0.926 bits per heavy atom. The molecule has 3 aromatic heterocycles. The molecule has 0 spiro atoms. The van der Waals surface area contributed by atoms with Gasteiger partial charge in [-0.3, -0.25) is 9.97 Å². The van der Waals surface area contributed by atoms with Gasteiger partial charge in [0.25, 0.3) is 0 Å². The van der Waals surface area contributed by atoms with E-state index in [0.717, 1.165) is 16.5 Å². The van der Waals surface area contributed by atoms with E-state index in [2.05, 4.69) is 20.3 Å². The maximum atomic E-state index is 15.2. The van der Waals surface area contributed by atoms with Gasteiger partial charge >= 0.3 is 0 Å². The first kappa shape index (κ1) is 17.1. The molecule has 0 saturated carbocycles. The van der Waals surface area contributed by atoms with Crippen molar-refractivity contribution < 1.29 is 9.50 Å². The van der Waals surface area contributed by atoms with Crippen LogP contribution in [0.4, 0.5) is 10.2 Å². The van der Waals surface area contributed by atoms with E-state index in [4.69, 9.17) is 5.11 Å². The molecule has 134 valence electrons. The second-order valence-electron chi connectivity index (χ2n) is 6.01. The average Bonchev–Trinajstić information content (AvgIpc) is 2.72. The summed E-state index contributed by atoms with van der Waals surface area (Å²) in [6, 6.07) is 14.6. The topological polar surface area (TPSA) is 70.9 Å². The van der Waals surface area contributed by atoms with E-state index in [9.17, 15) is 0 Å². The number of hydrogen-bond donors (Lipinski definition) is 2. The molecule has 2 N–H and O–H groups in total. The number of benzene rings is 1. The third-order valence-electron chi connectivity index (χ3n) is 4.26. The molecule has 0 amide bonds. The second-order valence-corrected chi connectivity index (χ2v) is 6.01. The minimum atomic E-state index is -0.390. The summed E-state index contributed by atoms with van der Waals surface area (Å²) in [5.41, 5.74) is 2.96. The highest BCUT2D eigenvalue weighted by molar-refractivity contribution is 5.85. The van der Waals surface area contributed by atoms with Crippen LogP contribution in [-0.2, 0) is 0 Å². The predicted octanol–water partition coefficient (Wildman–Crippen LogP) is 3.90. The summed E-state index contributed by atoms with van der Waals surface area (Å²) in [6.07, 6.45) is 4.90. The number of aromatic nitrogens is 3. The number of pyridine rings is 3. The van der Waals surface area contributed by atoms with Crippen LogP contribution in [-0.4, -0.2) is 33.2 Å². The molecule has 4 aromatic rings. The molecule has 6 heteroatoms. The molecular weight excluding hydrogens is 343 g/mol. The van der Waals surface area contributed by atoms with Gasteiger partial charge in [-0.05, 0) is 42.0 Å². The van der Waals surface area contributed by atoms with E-state index >= 15 is 4.39 Å². The summed E-state index contributed by atoms with van der Waals surface area (Å²) in [6.45, 7) is 0.425. The third kappa shape index (κ3) is 3.47. The largest absolute Gasteiger partial charge is 0.395 e. The lowest BCUT2D eigenvalue weighted by Gasteiger charge is -2.09. The highest BCUT2D eigenvalue weighted by Gasteiger charge is 2.14. The first-order chi connectivity index (χ1) is 13.3. The number of nitrogens with zero attached hydrogens (tertiary/aromatic N) is 3. The third-order valence-corrected chi connectivity index (χ3v) is 4.26. The van der Waals surface area contributed by atoms with Crippen molar-refractivity contribution in [2.24, 2.45) is 0 Å². The summed E-state index contributed by atoms with van der Waals surface area (Å²) in [4.78, 5) is 12.7. The van der Waals surface area contributed by atoms with E-state index in [0.29, 0.717) is 23.5 Å². The molecular formula is C21H17FN4O. The molecule has 1 aromatic carbocycles. The van der Waals surface area contributed by atoms with Gasteiger partial charge in [0.2, 0.25) is 0 Å². The fraction of sp³-hybridized carbons (Fsp3) is 0.0952. The molecule has 0 aliphatic carbocycles. The van der Waals surface area contributed by atoms with Crippen LogP contribution >= 0.6 is 0 Å². The van der Waals surface area contributed by atoms with Crippen LogP contribution < -0.4 is 5.32 Å². The number of halogens is 1. The first-order valence-electron chi connectivity index (χ1n) is 8.57. The van der Waals surface area contributed by atoms with Crippen LogP contribution in [0, 0.1) is 5.82 Å². The Labute approximate surface area is 155 Å². The SMILES string of the molecule is OCCNc1ccc(-c2nccc(-c3ccc4ncccc4c3)c2F)cn1. The zero-order valence-electron chi connectivity index (χ0n) is 14.4. The lowest BCUT2D eigenvalue weighted by molar-refractivity contribution is 0.311. The quantitative estimate of drug-likeness (QED) is 0.565.